The maximum Gasteiger partial charge on any atom is 0.354 e. The Morgan fingerprint density at radius 1 is 1.29 bits per heavy atom. The second-order valence-corrected chi connectivity index (χ2v) is 3.07. The maximum absolute atomic E-state index is 11.5. The van der Waals surface area contributed by atoms with Crippen molar-refractivity contribution in [2.24, 2.45) is 0 Å². The van der Waals surface area contributed by atoms with E-state index in [1.807, 2.05) is 0 Å². The number of hydrogen-bond acceptors (Lipinski definition) is 5. The lowest BCUT2D eigenvalue weighted by Gasteiger charge is -2.01. The van der Waals surface area contributed by atoms with Crippen LogP contribution in [0.1, 0.15) is 21.0 Å². The summed E-state index contributed by atoms with van der Waals surface area (Å²) in [5.41, 5.74) is 0.277. The first kappa shape index (κ1) is 10.8. The number of rotatable bonds is 3. The van der Waals surface area contributed by atoms with Crippen LogP contribution in [0.5, 0.6) is 0 Å². The fourth-order valence-electron chi connectivity index (χ4n) is 1.12. The van der Waals surface area contributed by atoms with E-state index in [-0.39, 0.29) is 11.5 Å². The molecule has 1 amide bonds. The Morgan fingerprint density at radius 2 is 2.12 bits per heavy atom. The summed E-state index contributed by atoms with van der Waals surface area (Å²) in [5.74, 6) is -1.54. The molecule has 0 fully saturated rings. The molecule has 0 unspecified atom stereocenters. The molecule has 0 aliphatic carbocycles. The molecular weight excluding hydrogens is 226 g/mol. The quantitative estimate of drug-likeness (QED) is 0.819. The molecule has 0 bridgehead atoms. The summed E-state index contributed by atoms with van der Waals surface area (Å²) >= 11 is 0. The minimum absolute atomic E-state index is 0.0623. The van der Waals surface area contributed by atoms with Gasteiger partial charge in [-0.1, -0.05) is 5.16 Å². The fraction of sp³-hybridized carbons (Fsp3) is 0. The topological polar surface area (TPSA) is 105 Å². The van der Waals surface area contributed by atoms with E-state index < -0.39 is 11.9 Å². The first-order chi connectivity index (χ1) is 8.16. The van der Waals surface area contributed by atoms with Gasteiger partial charge in [0.2, 0.25) is 5.76 Å². The minimum Gasteiger partial charge on any atom is -0.477 e. The van der Waals surface area contributed by atoms with Gasteiger partial charge in [-0.25, -0.2) is 9.78 Å². The average Bonchev–Trinajstić information content (AvgIpc) is 2.83. The molecule has 0 aliphatic heterocycles. The van der Waals surface area contributed by atoms with E-state index in [0.717, 1.165) is 0 Å². The van der Waals surface area contributed by atoms with Crippen molar-refractivity contribution in [3.63, 3.8) is 0 Å². The lowest BCUT2D eigenvalue weighted by Crippen LogP contribution is -2.11. The summed E-state index contributed by atoms with van der Waals surface area (Å²) in [7, 11) is 0. The Labute approximate surface area is 95.1 Å². The van der Waals surface area contributed by atoms with Crippen molar-refractivity contribution < 1.29 is 19.2 Å². The monoisotopic (exact) mass is 233 g/mol. The highest BCUT2D eigenvalue weighted by molar-refractivity contribution is 6.02. The summed E-state index contributed by atoms with van der Waals surface area (Å²) in [6.45, 7) is 0. The van der Waals surface area contributed by atoms with Crippen LogP contribution >= 0.6 is 0 Å². The normalized spacial score (nSPS) is 9.88. The highest BCUT2D eigenvalue weighted by atomic mass is 16.5. The van der Waals surface area contributed by atoms with Crippen molar-refractivity contribution in [1.82, 2.24) is 10.1 Å². The van der Waals surface area contributed by atoms with Crippen LogP contribution in [-0.2, 0) is 0 Å². The van der Waals surface area contributed by atoms with E-state index in [1.165, 1.54) is 30.6 Å². The van der Waals surface area contributed by atoms with Gasteiger partial charge >= 0.3 is 5.97 Å². The Balaban J connectivity index is 2.09. The molecule has 2 aromatic heterocycles. The van der Waals surface area contributed by atoms with Crippen LogP contribution in [0.4, 0.5) is 5.69 Å². The molecule has 0 saturated heterocycles. The van der Waals surface area contributed by atoms with E-state index in [9.17, 15) is 9.59 Å². The van der Waals surface area contributed by atoms with Crippen molar-refractivity contribution in [3.05, 3.63) is 42.0 Å². The number of hydrogen-bond donors (Lipinski definition) is 2. The molecule has 2 rings (SSSR count). The number of pyridine rings is 1. The standard InChI is InChI=1S/C10H7N3O4/c14-9(8-3-4-12-17-8)13-6-1-2-7(10(15)16)11-5-6/h1-5H,(H,13,14)(H,15,16). The number of carboxylic acid groups (broad SMARTS) is 1. The third-order valence-electron chi connectivity index (χ3n) is 1.90. The van der Waals surface area contributed by atoms with Crippen LogP contribution in [0.3, 0.4) is 0 Å². The Bertz CT molecular complexity index is 533. The predicted molar refractivity (Wildman–Crippen MR) is 55.7 cm³/mol. The molecule has 17 heavy (non-hydrogen) atoms. The van der Waals surface area contributed by atoms with Crippen LogP contribution in [0.2, 0.25) is 0 Å². The molecule has 0 aromatic carbocycles. The molecule has 7 heteroatoms. The van der Waals surface area contributed by atoms with Gasteiger partial charge in [0.25, 0.3) is 5.91 Å². The second kappa shape index (κ2) is 4.44. The molecule has 0 atom stereocenters. The number of aromatic nitrogens is 2. The number of anilines is 1. The number of carboxylic acids is 1. The van der Waals surface area contributed by atoms with Crippen LogP contribution in [-0.4, -0.2) is 27.1 Å². The predicted octanol–water partition coefficient (Wildman–Crippen LogP) is 1.02. The maximum atomic E-state index is 11.5. The van der Waals surface area contributed by atoms with Gasteiger partial charge < -0.3 is 14.9 Å². The molecule has 2 heterocycles. The van der Waals surface area contributed by atoms with Gasteiger partial charge in [-0.05, 0) is 12.1 Å². The number of carbonyl (C=O) groups is 2. The number of nitrogens with zero attached hydrogens (tertiary/aromatic N) is 2. The van der Waals surface area contributed by atoms with Gasteiger partial charge in [0.05, 0.1) is 18.1 Å². The number of aromatic carboxylic acids is 1. The van der Waals surface area contributed by atoms with Crippen LogP contribution in [0.25, 0.3) is 0 Å². The molecule has 0 radical (unpaired) electrons. The van der Waals surface area contributed by atoms with E-state index >= 15 is 0 Å². The molecule has 0 saturated carbocycles. The summed E-state index contributed by atoms with van der Waals surface area (Å²) in [6, 6.07) is 4.14. The number of nitrogens with one attached hydrogen (secondary N) is 1. The lowest BCUT2D eigenvalue weighted by atomic mass is 10.3. The van der Waals surface area contributed by atoms with Crippen LogP contribution in [0.15, 0.2) is 35.1 Å². The third kappa shape index (κ3) is 2.46. The molecule has 0 spiro atoms. The van der Waals surface area contributed by atoms with E-state index in [2.05, 4.69) is 20.0 Å². The summed E-state index contributed by atoms with van der Waals surface area (Å²) in [6.07, 6.45) is 2.60. The van der Waals surface area contributed by atoms with Crippen molar-refractivity contribution in [3.8, 4) is 0 Å². The van der Waals surface area contributed by atoms with Crippen molar-refractivity contribution in [2.75, 3.05) is 5.32 Å². The minimum atomic E-state index is -1.13. The zero-order chi connectivity index (χ0) is 12.3. The zero-order valence-corrected chi connectivity index (χ0v) is 8.45. The van der Waals surface area contributed by atoms with Gasteiger partial charge in [0, 0.05) is 6.07 Å². The largest absolute Gasteiger partial charge is 0.477 e. The Kier molecular flexibility index (Phi) is 2.82. The first-order valence-corrected chi connectivity index (χ1v) is 4.58. The molecule has 7 nitrogen and oxygen atoms in total. The molecule has 0 aliphatic rings. The zero-order valence-electron chi connectivity index (χ0n) is 8.45. The van der Waals surface area contributed by atoms with Gasteiger partial charge in [0.15, 0.2) is 0 Å². The molecular formula is C10H7N3O4. The average molecular weight is 233 g/mol. The Morgan fingerprint density at radius 3 is 2.65 bits per heavy atom. The third-order valence-corrected chi connectivity index (χ3v) is 1.90. The van der Waals surface area contributed by atoms with Gasteiger partial charge in [0.1, 0.15) is 5.69 Å². The van der Waals surface area contributed by atoms with E-state index in [0.29, 0.717) is 5.69 Å². The summed E-state index contributed by atoms with van der Waals surface area (Å²) < 4.78 is 4.65. The van der Waals surface area contributed by atoms with E-state index in [1.54, 1.807) is 0 Å². The van der Waals surface area contributed by atoms with Crippen LogP contribution in [0, 0.1) is 0 Å². The highest BCUT2D eigenvalue weighted by Gasteiger charge is 2.10. The SMILES string of the molecule is O=C(O)c1ccc(NC(=O)c2ccno2)cn1. The van der Waals surface area contributed by atoms with Gasteiger partial charge in [-0.2, -0.15) is 0 Å². The van der Waals surface area contributed by atoms with E-state index in [4.69, 9.17) is 5.11 Å². The van der Waals surface area contributed by atoms with Crippen molar-refractivity contribution >= 4 is 17.6 Å². The first-order valence-electron chi connectivity index (χ1n) is 4.58. The summed E-state index contributed by atoms with van der Waals surface area (Å²) in [5, 5.41) is 14.5. The smallest absolute Gasteiger partial charge is 0.354 e. The van der Waals surface area contributed by atoms with Gasteiger partial charge in [-0.3, -0.25) is 4.79 Å². The second-order valence-electron chi connectivity index (χ2n) is 3.07. The highest BCUT2D eigenvalue weighted by Crippen LogP contribution is 2.08. The molecule has 2 N–H and O–H groups in total. The molecule has 2 aromatic rings. The van der Waals surface area contributed by atoms with Gasteiger partial charge in [-0.15, -0.1) is 0 Å². The number of amides is 1. The number of carbonyl (C=O) groups excluding carboxylic acids is 1. The summed E-state index contributed by atoms with van der Waals surface area (Å²) in [4.78, 5) is 25.7. The van der Waals surface area contributed by atoms with Crippen molar-refractivity contribution in [1.29, 1.82) is 0 Å². The Hall–Kier alpha value is -2.70. The van der Waals surface area contributed by atoms with Crippen LogP contribution < -0.4 is 5.32 Å². The van der Waals surface area contributed by atoms with Crippen molar-refractivity contribution in [2.45, 2.75) is 0 Å². The molecule has 86 valence electrons. The lowest BCUT2D eigenvalue weighted by molar-refractivity contribution is 0.0690. The fourth-order valence-corrected chi connectivity index (χ4v) is 1.12.